The number of unbranched alkanes of at least 4 members (excludes halogenated alkanes) is 35. The van der Waals surface area contributed by atoms with E-state index in [0.29, 0.717) is 19.3 Å². The van der Waals surface area contributed by atoms with Gasteiger partial charge >= 0.3 is 17.9 Å². The number of rotatable bonds is 58. The van der Waals surface area contributed by atoms with Crippen LogP contribution in [0.15, 0.2) is 72.9 Å². The minimum absolute atomic E-state index is 0.0783. The third-order valence-electron chi connectivity index (χ3n) is 13.9. The van der Waals surface area contributed by atoms with Crippen LogP contribution in [-0.4, -0.2) is 37.2 Å². The van der Waals surface area contributed by atoms with Crippen molar-refractivity contribution in [3.63, 3.8) is 0 Å². The lowest BCUT2D eigenvalue weighted by molar-refractivity contribution is -0.167. The maximum Gasteiger partial charge on any atom is 0.306 e. The van der Waals surface area contributed by atoms with Gasteiger partial charge in [0.1, 0.15) is 13.2 Å². The molecule has 74 heavy (non-hydrogen) atoms. The van der Waals surface area contributed by atoms with Gasteiger partial charge in [-0.3, -0.25) is 14.4 Å². The molecule has 0 aromatic heterocycles. The average Bonchev–Trinajstić information content (AvgIpc) is 3.40. The van der Waals surface area contributed by atoms with Gasteiger partial charge in [0.2, 0.25) is 0 Å². The zero-order valence-electron chi connectivity index (χ0n) is 49.1. The molecule has 428 valence electrons. The Bertz CT molecular complexity index is 1370. The monoisotopic (exact) mass is 1030 g/mol. The fraction of sp³-hybridized carbons (Fsp3) is 0.779. The number of hydrogen-bond acceptors (Lipinski definition) is 6. The largest absolute Gasteiger partial charge is 0.462 e. The number of carbonyl (C=O) groups excluding carboxylic acids is 3. The van der Waals surface area contributed by atoms with Crippen molar-refractivity contribution in [3.05, 3.63) is 72.9 Å². The molecule has 6 heteroatoms. The lowest BCUT2D eigenvalue weighted by atomic mass is 10.0. The Kier molecular flexibility index (Phi) is 59.7. The summed E-state index contributed by atoms with van der Waals surface area (Å²) in [5.41, 5.74) is 0. The maximum absolute atomic E-state index is 12.9. The van der Waals surface area contributed by atoms with Crippen molar-refractivity contribution in [3.8, 4) is 0 Å². The van der Waals surface area contributed by atoms with Crippen LogP contribution in [0.2, 0.25) is 0 Å². The Morgan fingerprint density at radius 2 is 0.527 bits per heavy atom. The third-order valence-corrected chi connectivity index (χ3v) is 13.9. The van der Waals surface area contributed by atoms with Crippen LogP contribution in [0.5, 0.6) is 0 Å². The summed E-state index contributed by atoms with van der Waals surface area (Å²) >= 11 is 0. The van der Waals surface area contributed by atoms with E-state index in [4.69, 9.17) is 14.2 Å². The predicted octanol–water partition coefficient (Wildman–Crippen LogP) is 21.7. The van der Waals surface area contributed by atoms with E-state index in [0.717, 1.165) is 103 Å². The van der Waals surface area contributed by atoms with Gasteiger partial charge in [-0.2, -0.15) is 0 Å². The summed E-state index contributed by atoms with van der Waals surface area (Å²) < 4.78 is 16.9. The SMILES string of the molecule is CC/C=C\C/C=C\C/C=C\C/C=C\CCCCCCCCC(=O)OC(COC(=O)CCCCCCCCCCCCCC)COC(=O)CCCCCCCCCCCCCCC/C=C\C/C=C\CCCCCCC. The predicted molar refractivity (Wildman–Crippen MR) is 321 cm³/mol. The molecule has 0 radical (unpaired) electrons. The summed E-state index contributed by atoms with van der Waals surface area (Å²) in [5.74, 6) is -0.879. The fourth-order valence-electron chi connectivity index (χ4n) is 9.17. The first-order valence-corrected chi connectivity index (χ1v) is 31.9. The second-order valence-corrected chi connectivity index (χ2v) is 21.3. The zero-order valence-corrected chi connectivity index (χ0v) is 49.1. The van der Waals surface area contributed by atoms with Crippen LogP contribution < -0.4 is 0 Å². The molecule has 0 aliphatic carbocycles. The highest BCUT2D eigenvalue weighted by atomic mass is 16.6. The van der Waals surface area contributed by atoms with E-state index in [1.807, 2.05) is 0 Å². The summed E-state index contributed by atoms with van der Waals surface area (Å²) in [5, 5.41) is 0. The van der Waals surface area contributed by atoms with E-state index in [1.165, 1.54) is 180 Å². The van der Waals surface area contributed by atoms with Crippen LogP contribution in [0.4, 0.5) is 0 Å². The van der Waals surface area contributed by atoms with Crippen LogP contribution in [0.25, 0.3) is 0 Å². The maximum atomic E-state index is 12.9. The molecule has 0 bridgehead atoms. The molecular formula is C68H120O6. The summed E-state index contributed by atoms with van der Waals surface area (Å²) in [6, 6.07) is 0. The first kappa shape index (κ1) is 70.8. The van der Waals surface area contributed by atoms with Gasteiger partial charge in [-0.1, -0.05) is 286 Å². The zero-order chi connectivity index (χ0) is 53.6. The van der Waals surface area contributed by atoms with E-state index >= 15 is 0 Å². The molecule has 0 rings (SSSR count). The van der Waals surface area contributed by atoms with Gasteiger partial charge in [-0.05, 0) is 89.9 Å². The summed E-state index contributed by atoms with van der Waals surface area (Å²) in [6.45, 7) is 6.54. The second kappa shape index (κ2) is 62.4. The van der Waals surface area contributed by atoms with Gasteiger partial charge in [-0.15, -0.1) is 0 Å². The highest BCUT2D eigenvalue weighted by Crippen LogP contribution is 2.17. The summed E-state index contributed by atoms with van der Waals surface area (Å²) in [6.07, 6.45) is 80.5. The normalized spacial score (nSPS) is 12.5. The van der Waals surface area contributed by atoms with Crippen molar-refractivity contribution < 1.29 is 28.6 Å². The highest BCUT2D eigenvalue weighted by Gasteiger charge is 2.19. The van der Waals surface area contributed by atoms with Gasteiger partial charge in [0, 0.05) is 19.3 Å². The molecule has 0 amide bonds. The number of esters is 3. The van der Waals surface area contributed by atoms with Crippen molar-refractivity contribution in [2.24, 2.45) is 0 Å². The number of allylic oxidation sites excluding steroid dienone is 12. The quantitative estimate of drug-likeness (QED) is 0.0261. The van der Waals surface area contributed by atoms with Gasteiger partial charge in [0.15, 0.2) is 6.10 Å². The molecule has 0 spiro atoms. The Balaban J connectivity index is 4.29. The van der Waals surface area contributed by atoms with E-state index in [9.17, 15) is 14.4 Å². The molecule has 0 saturated heterocycles. The molecule has 0 aromatic carbocycles. The van der Waals surface area contributed by atoms with E-state index < -0.39 is 6.10 Å². The van der Waals surface area contributed by atoms with Crippen LogP contribution in [0.3, 0.4) is 0 Å². The molecular weight excluding hydrogens is 913 g/mol. The van der Waals surface area contributed by atoms with Gasteiger partial charge in [-0.25, -0.2) is 0 Å². The number of hydrogen-bond donors (Lipinski definition) is 0. The smallest absolute Gasteiger partial charge is 0.306 e. The lowest BCUT2D eigenvalue weighted by Gasteiger charge is -2.18. The van der Waals surface area contributed by atoms with Crippen molar-refractivity contribution >= 4 is 17.9 Å². The standard InChI is InChI=1S/C68H120O6/c1-4-7-10-13-16-19-22-25-27-29-31-32-33-34-35-36-38-39-41-43-46-49-52-55-58-61-67(70)73-64-65(63-72-66(69)60-57-54-51-48-45-24-21-18-15-12-9-6-3)74-68(71)62-59-56-53-50-47-44-42-40-37-30-28-26-23-20-17-14-11-8-5-2/h8,11,17,20,22,25-26,28-29,31,37,40,65H,4-7,9-10,12-16,18-19,21,23-24,27,30,32-36,38-39,41-64H2,1-3H3/b11-8-,20-17-,25-22-,28-26-,31-29-,40-37-. The minimum Gasteiger partial charge on any atom is -0.462 e. The second-order valence-electron chi connectivity index (χ2n) is 21.3. The summed E-state index contributed by atoms with van der Waals surface area (Å²) in [4.78, 5) is 38.3. The number of ether oxygens (including phenoxy) is 3. The average molecular weight is 1030 g/mol. The molecule has 0 aliphatic rings. The molecule has 0 heterocycles. The van der Waals surface area contributed by atoms with Gasteiger partial charge in [0.05, 0.1) is 0 Å². The minimum atomic E-state index is -0.782. The Hall–Kier alpha value is -3.15. The Morgan fingerprint density at radius 1 is 0.284 bits per heavy atom. The molecule has 1 atom stereocenters. The Morgan fingerprint density at radius 3 is 0.824 bits per heavy atom. The van der Waals surface area contributed by atoms with Crippen LogP contribution in [0, 0.1) is 0 Å². The molecule has 0 aromatic rings. The van der Waals surface area contributed by atoms with E-state index in [1.54, 1.807) is 0 Å². The molecule has 1 unspecified atom stereocenters. The van der Waals surface area contributed by atoms with Crippen LogP contribution in [0.1, 0.15) is 323 Å². The van der Waals surface area contributed by atoms with Crippen molar-refractivity contribution in [2.75, 3.05) is 13.2 Å². The van der Waals surface area contributed by atoms with Crippen molar-refractivity contribution in [2.45, 2.75) is 329 Å². The van der Waals surface area contributed by atoms with Crippen LogP contribution >= 0.6 is 0 Å². The van der Waals surface area contributed by atoms with Gasteiger partial charge in [0.25, 0.3) is 0 Å². The van der Waals surface area contributed by atoms with E-state index in [2.05, 4.69) is 93.7 Å². The fourth-order valence-corrected chi connectivity index (χ4v) is 9.17. The van der Waals surface area contributed by atoms with Gasteiger partial charge < -0.3 is 14.2 Å². The number of carbonyl (C=O) groups is 3. The molecule has 0 N–H and O–H groups in total. The highest BCUT2D eigenvalue weighted by molar-refractivity contribution is 5.71. The molecule has 0 saturated carbocycles. The van der Waals surface area contributed by atoms with Crippen molar-refractivity contribution in [1.29, 1.82) is 0 Å². The topological polar surface area (TPSA) is 78.9 Å². The molecule has 0 fully saturated rings. The lowest BCUT2D eigenvalue weighted by Crippen LogP contribution is -2.30. The van der Waals surface area contributed by atoms with Crippen molar-refractivity contribution in [1.82, 2.24) is 0 Å². The Labute approximate surface area is 459 Å². The molecule has 6 nitrogen and oxygen atoms in total. The molecule has 0 aliphatic heterocycles. The van der Waals surface area contributed by atoms with Crippen LogP contribution in [-0.2, 0) is 28.6 Å². The first-order valence-electron chi connectivity index (χ1n) is 31.9. The third kappa shape index (κ3) is 59.7. The first-order chi connectivity index (χ1) is 36.5. The summed E-state index contributed by atoms with van der Waals surface area (Å²) in [7, 11) is 0. The van der Waals surface area contributed by atoms with E-state index in [-0.39, 0.29) is 31.1 Å².